The van der Waals surface area contributed by atoms with E-state index in [0.29, 0.717) is 12.5 Å². The highest BCUT2D eigenvalue weighted by Crippen LogP contribution is 2.33. The second-order valence-electron chi connectivity index (χ2n) is 9.29. The lowest BCUT2D eigenvalue weighted by atomic mass is 9.88. The summed E-state index contributed by atoms with van der Waals surface area (Å²) in [6.45, 7) is 2.25. The quantitative estimate of drug-likeness (QED) is 0.585. The summed E-state index contributed by atoms with van der Waals surface area (Å²) in [5, 5.41) is 0. The van der Waals surface area contributed by atoms with Crippen molar-refractivity contribution in [3.8, 4) is 22.8 Å². The van der Waals surface area contributed by atoms with Crippen molar-refractivity contribution in [3.05, 3.63) is 69.5 Å². The number of H-pyrrole nitrogens is 1. The van der Waals surface area contributed by atoms with Gasteiger partial charge < -0.3 is 14.5 Å². The lowest BCUT2D eigenvalue weighted by molar-refractivity contribution is 0.240. The van der Waals surface area contributed by atoms with E-state index in [2.05, 4.69) is 20.9 Å². The summed E-state index contributed by atoms with van der Waals surface area (Å²) < 4.78 is 10.9. The predicted octanol–water partition coefficient (Wildman–Crippen LogP) is 4.46. The van der Waals surface area contributed by atoms with Crippen molar-refractivity contribution in [3.63, 3.8) is 0 Å². The lowest BCUT2D eigenvalue weighted by Gasteiger charge is -2.29. The Morgan fingerprint density at radius 3 is 2.68 bits per heavy atom. The molecule has 7 heteroatoms. The molecule has 1 aromatic carbocycles. The van der Waals surface area contributed by atoms with Crippen LogP contribution in [0.2, 0.25) is 0 Å². The molecule has 1 fully saturated rings. The number of aromatic nitrogens is 3. The average molecular weight is 461 g/mol. The van der Waals surface area contributed by atoms with Gasteiger partial charge in [0, 0.05) is 43.7 Å². The molecule has 34 heavy (non-hydrogen) atoms. The predicted molar refractivity (Wildman–Crippen MR) is 131 cm³/mol. The molecule has 3 heterocycles. The number of fused-ring (bicyclic) bond motifs is 1. The second-order valence-corrected chi connectivity index (χ2v) is 9.29. The molecule has 178 valence electrons. The highest BCUT2D eigenvalue weighted by Gasteiger charge is 2.24. The number of benzene rings is 1. The number of ether oxygens (including phenoxy) is 2. The topological polar surface area (TPSA) is 80.3 Å². The van der Waals surface area contributed by atoms with Gasteiger partial charge in [-0.15, -0.1) is 0 Å². The molecule has 5 rings (SSSR count). The highest BCUT2D eigenvalue weighted by atomic mass is 16.5. The van der Waals surface area contributed by atoms with E-state index in [1.807, 2.05) is 30.5 Å². The van der Waals surface area contributed by atoms with Gasteiger partial charge in [0.25, 0.3) is 5.56 Å². The van der Waals surface area contributed by atoms with Crippen LogP contribution < -0.4 is 15.0 Å². The zero-order chi connectivity index (χ0) is 23.5. The molecule has 0 saturated heterocycles. The molecule has 1 aliphatic carbocycles. The van der Waals surface area contributed by atoms with E-state index >= 15 is 0 Å². The van der Waals surface area contributed by atoms with Gasteiger partial charge in [-0.05, 0) is 42.7 Å². The third-order valence-electron chi connectivity index (χ3n) is 7.07. The fourth-order valence-corrected chi connectivity index (χ4v) is 5.15. The van der Waals surface area contributed by atoms with Crippen LogP contribution in [-0.2, 0) is 19.5 Å². The van der Waals surface area contributed by atoms with Crippen molar-refractivity contribution in [1.29, 1.82) is 0 Å². The van der Waals surface area contributed by atoms with Crippen LogP contribution in [0.1, 0.15) is 60.7 Å². The summed E-state index contributed by atoms with van der Waals surface area (Å²) in [7, 11) is 3.30. The van der Waals surface area contributed by atoms with Gasteiger partial charge in [0.05, 0.1) is 31.2 Å². The Hall–Kier alpha value is -3.19. The van der Waals surface area contributed by atoms with Crippen LogP contribution in [0.4, 0.5) is 0 Å². The molecule has 0 bridgehead atoms. The van der Waals surface area contributed by atoms with Crippen molar-refractivity contribution in [1.82, 2.24) is 19.9 Å². The molecule has 3 aromatic rings. The molecular formula is C27H32N4O3. The fourth-order valence-electron chi connectivity index (χ4n) is 5.15. The van der Waals surface area contributed by atoms with Crippen LogP contribution in [0.3, 0.4) is 0 Å². The summed E-state index contributed by atoms with van der Waals surface area (Å²) in [4.78, 5) is 27.9. The Morgan fingerprint density at radius 1 is 1.09 bits per heavy atom. The largest absolute Gasteiger partial charge is 0.497 e. The molecule has 0 spiro atoms. The van der Waals surface area contributed by atoms with E-state index in [0.717, 1.165) is 77.8 Å². The first-order valence-corrected chi connectivity index (χ1v) is 12.2. The number of aromatic amines is 1. The molecule has 2 aliphatic rings. The van der Waals surface area contributed by atoms with E-state index in [9.17, 15) is 4.79 Å². The van der Waals surface area contributed by atoms with Gasteiger partial charge in [0.2, 0.25) is 0 Å². The Labute approximate surface area is 200 Å². The Morgan fingerprint density at radius 2 is 1.94 bits per heavy atom. The first-order chi connectivity index (χ1) is 16.6. The molecular weight excluding hydrogens is 428 g/mol. The lowest BCUT2D eigenvalue weighted by Crippen LogP contribution is -2.36. The normalized spacial score (nSPS) is 16.8. The van der Waals surface area contributed by atoms with Crippen molar-refractivity contribution in [2.75, 3.05) is 20.8 Å². The summed E-state index contributed by atoms with van der Waals surface area (Å²) >= 11 is 0. The monoisotopic (exact) mass is 460 g/mol. The maximum atomic E-state index is 12.9. The molecule has 7 nitrogen and oxygen atoms in total. The molecule has 2 aromatic heterocycles. The molecule has 1 aliphatic heterocycles. The first kappa shape index (κ1) is 22.6. The number of rotatable bonds is 6. The zero-order valence-electron chi connectivity index (χ0n) is 20.0. The molecule has 0 radical (unpaired) electrons. The number of nitrogens with one attached hydrogen (secondary N) is 1. The van der Waals surface area contributed by atoms with Crippen molar-refractivity contribution in [2.45, 2.75) is 57.5 Å². The van der Waals surface area contributed by atoms with Crippen LogP contribution in [0.15, 0.2) is 41.3 Å². The van der Waals surface area contributed by atoms with Crippen LogP contribution in [0, 0.1) is 0 Å². The Bertz CT molecular complexity index is 1200. The molecule has 1 N–H and O–H groups in total. The van der Waals surface area contributed by atoms with Gasteiger partial charge in [0.15, 0.2) is 0 Å². The van der Waals surface area contributed by atoms with Gasteiger partial charge in [0.1, 0.15) is 17.3 Å². The number of methoxy groups -OCH3 is 2. The summed E-state index contributed by atoms with van der Waals surface area (Å²) in [5.41, 5.74) is 4.67. The van der Waals surface area contributed by atoms with E-state index in [1.54, 1.807) is 14.2 Å². The van der Waals surface area contributed by atoms with Crippen LogP contribution in [0.25, 0.3) is 11.3 Å². The van der Waals surface area contributed by atoms with Gasteiger partial charge in [-0.1, -0.05) is 25.3 Å². The number of hydrogen-bond donors (Lipinski definition) is 1. The standard InChI is InChI=1S/C27H32N4O3/c1-33-20-9-11-25(34-2)21(14-20)23-10-8-18(15-28-23)16-31-13-12-24-22(17-31)27(32)30-26(29-24)19-6-4-3-5-7-19/h8-11,14-15,19H,3-7,12-13,16-17H2,1-2H3,(H,29,30,32). The minimum Gasteiger partial charge on any atom is -0.497 e. The number of nitrogens with zero attached hydrogens (tertiary/aromatic N) is 3. The SMILES string of the molecule is COc1ccc(OC)c(-c2ccc(CN3CCc4nc(C5CCCCC5)[nH]c(=O)c4C3)cn2)c1. The summed E-state index contributed by atoms with van der Waals surface area (Å²) in [6.07, 6.45) is 8.75. The molecule has 0 amide bonds. The average Bonchev–Trinajstić information content (AvgIpc) is 2.89. The molecule has 0 unspecified atom stereocenters. The van der Waals surface area contributed by atoms with Gasteiger partial charge in [-0.3, -0.25) is 14.7 Å². The summed E-state index contributed by atoms with van der Waals surface area (Å²) in [6, 6.07) is 9.80. The minimum atomic E-state index is 0.0360. The highest BCUT2D eigenvalue weighted by molar-refractivity contribution is 5.69. The van der Waals surface area contributed by atoms with E-state index < -0.39 is 0 Å². The third kappa shape index (κ3) is 4.71. The minimum absolute atomic E-state index is 0.0360. The molecule has 0 atom stereocenters. The van der Waals surface area contributed by atoms with Crippen molar-refractivity contribution >= 4 is 0 Å². The maximum Gasteiger partial charge on any atom is 0.255 e. The smallest absolute Gasteiger partial charge is 0.255 e. The Balaban J connectivity index is 1.29. The van der Waals surface area contributed by atoms with Crippen LogP contribution >= 0.6 is 0 Å². The third-order valence-corrected chi connectivity index (χ3v) is 7.07. The fraction of sp³-hybridized carbons (Fsp3) is 0.444. The summed E-state index contributed by atoms with van der Waals surface area (Å²) in [5.74, 6) is 2.84. The van der Waals surface area contributed by atoms with Gasteiger partial charge in [-0.2, -0.15) is 0 Å². The second kappa shape index (κ2) is 9.97. The number of pyridine rings is 1. The van der Waals surface area contributed by atoms with E-state index in [-0.39, 0.29) is 5.56 Å². The van der Waals surface area contributed by atoms with E-state index in [1.165, 1.54) is 19.3 Å². The van der Waals surface area contributed by atoms with Gasteiger partial charge >= 0.3 is 0 Å². The van der Waals surface area contributed by atoms with E-state index in [4.69, 9.17) is 14.5 Å². The van der Waals surface area contributed by atoms with Crippen LogP contribution in [0.5, 0.6) is 11.5 Å². The Kier molecular flexibility index (Phi) is 6.63. The number of hydrogen-bond acceptors (Lipinski definition) is 6. The van der Waals surface area contributed by atoms with Crippen molar-refractivity contribution in [2.24, 2.45) is 0 Å². The maximum absolute atomic E-state index is 12.9. The molecule has 1 saturated carbocycles. The van der Waals surface area contributed by atoms with Crippen LogP contribution in [-0.4, -0.2) is 40.6 Å². The zero-order valence-corrected chi connectivity index (χ0v) is 20.0. The van der Waals surface area contributed by atoms with Gasteiger partial charge in [-0.25, -0.2) is 4.98 Å². The van der Waals surface area contributed by atoms with Crippen molar-refractivity contribution < 1.29 is 9.47 Å². The first-order valence-electron chi connectivity index (χ1n) is 12.2.